The maximum absolute atomic E-state index is 10.5. The van der Waals surface area contributed by atoms with Gasteiger partial charge >= 0.3 is 0 Å². The van der Waals surface area contributed by atoms with Gasteiger partial charge in [0, 0.05) is 11.1 Å². The number of aldehydes is 1. The van der Waals surface area contributed by atoms with Gasteiger partial charge in [-0.25, -0.2) is 0 Å². The van der Waals surface area contributed by atoms with Gasteiger partial charge in [0.05, 0.1) is 0 Å². The Morgan fingerprint density at radius 3 is 2.64 bits per heavy atom. The van der Waals surface area contributed by atoms with Crippen molar-refractivity contribution in [2.75, 3.05) is 0 Å². The highest BCUT2D eigenvalue weighted by molar-refractivity contribution is 5.77. The predicted molar refractivity (Wildman–Crippen MR) is 48.4 cm³/mol. The fraction of sp³-hybridized carbons (Fsp3) is 0. The van der Waals surface area contributed by atoms with Crippen molar-refractivity contribution in [3.63, 3.8) is 0 Å². The predicted octanol–water partition coefficient (Wildman–Crippen LogP) is 0.746. The van der Waals surface area contributed by atoms with Crippen LogP contribution in [0.1, 0.15) is 10.4 Å². The minimum atomic E-state index is 0.413. The van der Waals surface area contributed by atoms with Gasteiger partial charge in [-0.2, -0.15) is 0 Å². The van der Waals surface area contributed by atoms with Gasteiger partial charge in [0.2, 0.25) is 5.82 Å². The fourth-order valence-corrected chi connectivity index (χ4v) is 1.07. The van der Waals surface area contributed by atoms with Gasteiger partial charge in [-0.15, -0.1) is 20.4 Å². The number of nitrogens with zero attached hydrogens (tertiary/aromatic N) is 4. The molecule has 2 rings (SSSR count). The second-order valence-corrected chi connectivity index (χ2v) is 2.61. The first-order chi connectivity index (χ1) is 6.90. The highest BCUT2D eigenvalue weighted by Crippen LogP contribution is 2.13. The SMILES string of the molecule is O=Cc1cccc(-c2nncnn2)c1. The molecule has 0 aliphatic rings. The number of hydrogen-bond donors (Lipinski definition) is 0. The average molecular weight is 186 g/mol. The van der Waals surface area contributed by atoms with E-state index in [1.807, 2.05) is 0 Å². The maximum Gasteiger partial charge on any atom is 0.203 e. The van der Waals surface area contributed by atoms with Crippen LogP contribution in [0.5, 0.6) is 0 Å². The van der Waals surface area contributed by atoms with Crippen molar-refractivity contribution in [2.45, 2.75) is 0 Å². The summed E-state index contributed by atoms with van der Waals surface area (Å²) in [6, 6.07) is 6.95. The molecule has 0 atom stereocenters. The topological polar surface area (TPSA) is 68.6 Å². The summed E-state index contributed by atoms with van der Waals surface area (Å²) < 4.78 is 0. The Morgan fingerprint density at radius 2 is 1.93 bits per heavy atom. The monoisotopic (exact) mass is 186 g/mol. The number of rotatable bonds is 2. The molecule has 0 aliphatic heterocycles. The molecule has 0 amide bonds. The first kappa shape index (κ1) is 8.43. The summed E-state index contributed by atoms with van der Waals surface area (Å²) in [5, 5.41) is 14.8. The average Bonchev–Trinajstić information content (AvgIpc) is 2.30. The van der Waals surface area contributed by atoms with Crippen LogP contribution in [0.25, 0.3) is 11.4 Å². The van der Waals surface area contributed by atoms with Crippen molar-refractivity contribution >= 4 is 6.29 Å². The molecule has 0 unspecified atom stereocenters. The number of aromatic nitrogens is 4. The summed E-state index contributed by atoms with van der Waals surface area (Å²) in [7, 11) is 0. The van der Waals surface area contributed by atoms with Crippen LogP contribution in [0.2, 0.25) is 0 Å². The summed E-state index contributed by atoms with van der Waals surface area (Å²) in [6.45, 7) is 0. The smallest absolute Gasteiger partial charge is 0.203 e. The van der Waals surface area contributed by atoms with Gasteiger partial charge in [0.25, 0.3) is 0 Å². The molecular weight excluding hydrogens is 180 g/mol. The molecule has 2 aromatic rings. The molecule has 5 nitrogen and oxygen atoms in total. The quantitative estimate of drug-likeness (QED) is 0.647. The van der Waals surface area contributed by atoms with Gasteiger partial charge in [0.15, 0.2) is 6.33 Å². The molecule has 0 N–H and O–H groups in total. The van der Waals surface area contributed by atoms with E-state index in [0.29, 0.717) is 11.4 Å². The zero-order valence-corrected chi connectivity index (χ0v) is 7.16. The standard InChI is InChI=1S/C9H6N4O/c14-5-7-2-1-3-8(4-7)9-12-10-6-11-13-9/h1-6H. The highest BCUT2D eigenvalue weighted by atomic mass is 16.1. The Balaban J connectivity index is 2.47. The summed E-state index contributed by atoms with van der Waals surface area (Å²) in [5.74, 6) is 0.413. The Morgan fingerprint density at radius 1 is 1.14 bits per heavy atom. The van der Waals surface area contributed by atoms with Crippen molar-refractivity contribution in [3.05, 3.63) is 36.2 Å². The van der Waals surface area contributed by atoms with E-state index in [1.54, 1.807) is 24.3 Å². The van der Waals surface area contributed by atoms with Gasteiger partial charge in [0.1, 0.15) is 6.29 Å². The minimum Gasteiger partial charge on any atom is -0.298 e. The van der Waals surface area contributed by atoms with Gasteiger partial charge in [-0.1, -0.05) is 18.2 Å². The Kier molecular flexibility index (Phi) is 2.22. The number of hydrogen-bond acceptors (Lipinski definition) is 5. The van der Waals surface area contributed by atoms with E-state index in [-0.39, 0.29) is 0 Å². The first-order valence-electron chi connectivity index (χ1n) is 3.96. The third-order valence-electron chi connectivity index (χ3n) is 1.69. The third kappa shape index (κ3) is 1.61. The van der Waals surface area contributed by atoms with E-state index in [4.69, 9.17) is 0 Å². The molecule has 0 aliphatic carbocycles. The summed E-state index contributed by atoms with van der Waals surface area (Å²) in [4.78, 5) is 10.5. The lowest BCUT2D eigenvalue weighted by atomic mass is 10.1. The van der Waals surface area contributed by atoms with Gasteiger partial charge < -0.3 is 0 Å². The molecule has 0 radical (unpaired) electrons. The summed E-state index contributed by atoms with van der Waals surface area (Å²) in [5.41, 5.74) is 1.31. The summed E-state index contributed by atoms with van der Waals surface area (Å²) in [6.07, 6.45) is 2.03. The molecule has 0 fully saturated rings. The lowest BCUT2D eigenvalue weighted by Crippen LogP contribution is -1.94. The zero-order chi connectivity index (χ0) is 9.80. The van der Waals surface area contributed by atoms with E-state index >= 15 is 0 Å². The zero-order valence-electron chi connectivity index (χ0n) is 7.16. The lowest BCUT2D eigenvalue weighted by Gasteiger charge is -1.97. The Labute approximate surface area is 79.8 Å². The van der Waals surface area contributed by atoms with Crippen LogP contribution < -0.4 is 0 Å². The molecule has 68 valence electrons. The largest absolute Gasteiger partial charge is 0.298 e. The molecular formula is C9H6N4O. The Bertz CT molecular complexity index is 444. The molecule has 1 aromatic heterocycles. The third-order valence-corrected chi connectivity index (χ3v) is 1.69. The molecule has 14 heavy (non-hydrogen) atoms. The number of carbonyl (C=O) groups excluding carboxylic acids is 1. The molecule has 1 aromatic carbocycles. The van der Waals surface area contributed by atoms with Crippen molar-refractivity contribution in [3.8, 4) is 11.4 Å². The van der Waals surface area contributed by atoms with Gasteiger partial charge in [-0.3, -0.25) is 4.79 Å². The van der Waals surface area contributed by atoms with Crippen LogP contribution in [0, 0.1) is 0 Å². The van der Waals surface area contributed by atoms with Crippen LogP contribution in [-0.2, 0) is 0 Å². The number of carbonyl (C=O) groups is 1. The molecule has 5 heteroatoms. The molecule has 0 spiro atoms. The van der Waals surface area contributed by atoms with Crippen LogP contribution in [0.15, 0.2) is 30.6 Å². The Hall–Kier alpha value is -2.17. The van der Waals surface area contributed by atoms with Crippen molar-refractivity contribution < 1.29 is 4.79 Å². The molecule has 1 heterocycles. The maximum atomic E-state index is 10.5. The fourth-order valence-electron chi connectivity index (χ4n) is 1.07. The summed E-state index contributed by atoms with van der Waals surface area (Å²) >= 11 is 0. The molecule has 0 saturated carbocycles. The van der Waals surface area contributed by atoms with Crippen molar-refractivity contribution in [1.82, 2.24) is 20.4 Å². The highest BCUT2D eigenvalue weighted by Gasteiger charge is 2.01. The second-order valence-electron chi connectivity index (χ2n) is 2.61. The van der Waals surface area contributed by atoms with Crippen LogP contribution in [0.3, 0.4) is 0 Å². The van der Waals surface area contributed by atoms with Crippen molar-refractivity contribution in [2.24, 2.45) is 0 Å². The van der Waals surface area contributed by atoms with Crippen LogP contribution in [-0.4, -0.2) is 26.7 Å². The second kappa shape index (κ2) is 3.69. The van der Waals surface area contributed by atoms with Crippen LogP contribution >= 0.6 is 0 Å². The van der Waals surface area contributed by atoms with Crippen molar-refractivity contribution in [1.29, 1.82) is 0 Å². The van der Waals surface area contributed by atoms with Gasteiger partial charge in [-0.05, 0) is 6.07 Å². The van der Waals surface area contributed by atoms with E-state index in [0.717, 1.165) is 11.8 Å². The van der Waals surface area contributed by atoms with E-state index < -0.39 is 0 Å². The molecule has 0 bridgehead atoms. The normalized spacial score (nSPS) is 9.71. The molecule has 0 saturated heterocycles. The minimum absolute atomic E-state index is 0.413. The lowest BCUT2D eigenvalue weighted by molar-refractivity contribution is 0.112. The number of benzene rings is 1. The van der Waals surface area contributed by atoms with E-state index in [2.05, 4.69) is 20.4 Å². The van der Waals surface area contributed by atoms with E-state index in [1.165, 1.54) is 6.33 Å². The first-order valence-corrected chi connectivity index (χ1v) is 3.96. The van der Waals surface area contributed by atoms with E-state index in [9.17, 15) is 4.79 Å². The van der Waals surface area contributed by atoms with Crippen LogP contribution in [0.4, 0.5) is 0 Å².